The normalized spacial score (nSPS) is 18.2. The minimum atomic E-state index is -0.644. The number of hydrogen-bond acceptors (Lipinski definition) is 4. The highest BCUT2D eigenvalue weighted by Crippen LogP contribution is 2.46. The lowest BCUT2D eigenvalue weighted by Crippen LogP contribution is -2.54. The molecule has 1 aliphatic heterocycles. The number of aryl methyl sites for hydroxylation is 1. The predicted molar refractivity (Wildman–Crippen MR) is 155 cm³/mol. The molecule has 3 aromatic rings. The van der Waals surface area contributed by atoms with Crippen LogP contribution in [-0.2, 0) is 27.8 Å². The van der Waals surface area contributed by atoms with Crippen LogP contribution >= 0.6 is 0 Å². The number of fused-ring (bicyclic) bond motifs is 3. The fourth-order valence-corrected chi connectivity index (χ4v) is 6.51. The number of aromatic amines is 1. The molecule has 0 unspecified atom stereocenters. The molecule has 7 nitrogen and oxygen atoms in total. The Balaban J connectivity index is 1.31. The number of carbonyl (C=O) groups excluding carboxylic acids is 2. The number of benzene rings is 2. The summed E-state index contributed by atoms with van der Waals surface area (Å²) in [5.41, 5.74) is 4.62. The molecule has 2 aromatic carbocycles. The molecule has 0 saturated carbocycles. The lowest BCUT2D eigenvalue weighted by molar-refractivity contribution is -0.138. The van der Waals surface area contributed by atoms with E-state index in [1.54, 1.807) is 6.92 Å². The zero-order chi connectivity index (χ0) is 27.6. The zero-order valence-electron chi connectivity index (χ0n) is 23.4. The summed E-state index contributed by atoms with van der Waals surface area (Å²) in [6.45, 7) is 7.40. The predicted octanol–water partition coefficient (Wildman–Crippen LogP) is 3.84. The Hall–Kier alpha value is -3.16. The van der Waals surface area contributed by atoms with Gasteiger partial charge in [0, 0.05) is 55.1 Å². The number of para-hydroxylation sites is 1. The van der Waals surface area contributed by atoms with Crippen molar-refractivity contribution in [3.63, 3.8) is 0 Å². The van der Waals surface area contributed by atoms with Gasteiger partial charge in [-0.15, -0.1) is 0 Å². The summed E-state index contributed by atoms with van der Waals surface area (Å²) >= 11 is 0. The minimum absolute atomic E-state index is 0.00971. The molecule has 2 amide bonds. The average Bonchev–Trinajstić information content (AvgIpc) is 3.49. The van der Waals surface area contributed by atoms with Gasteiger partial charge in [-0.1, -0.05) is 42.5 Å². The molecular formula is C32H42N4O3. The SMILES string of the molecule is C[C@@H](O)CNC(C)(C)CC(=O)N[C@H](Cc1c[nH]c2ccccc12)C(=O)N1CCC2(CCc3ccccc32)CC1. The first-order valence-corrected chi connectivity index (χ1v) is 14.3. The molecule has 5 rings (SSSR count). The summed E-state index contributed by atoms with van der Waals surface area (Å²) in [5, 5.41) is 17.1. The van der Waals surface area contributed by atoms with Crippen LogP contribution in [-0.4, -0.2) is 64.1 Å². The van der Waals surface area contributed by atoms with E-state index in [1.807, 2.05) is 43.1 Å². The van der Waals surface area contributed by atoms with E-state index in [2.05, 4.69) is 45.9 Å². The van der Waals surface area contributed by atoms with Gasteiger partial charge in [-0.3, -0.25) is 9.59 Å². The molecule has 1 fully saturated rings. The Morgan fingerprint density at radius 3 is 2.56 bits per heavy atom. The quantitative estimate of drug-likeness (QED) is 0.338. The molecule has 1 spiro atoms. The first kappa shape index (κ1) is 27.4. The van der Waals surface area contributed by atoms with Gasteiger partial charge in [0.25, 0.3) is 0 Å². The maximum absolute atomic E-state index is 14.0. The molecule has 208 valence electrons. The first-order valence-electron chi connectivity index (χ1n) is 14.3. The molecule has 2 atom stereocenters. The Morgan fingerprint density at radius 2 is 1.79 bits per heavy atom. The second-order valence-corrected chi connectivity index (χ2v) is 12.2. The van der Waals surface area contributed by atoms with E-state index in [0.717, 1.165) is 42.1 Å². The van der Waals surface area contributed by atoms with Crippen LogP contribution in [0.1, 0.15) is 63.1 Å². The van der Waals surface area contributed by atoms with Crippen molar-refractivity contribution in [2.24, 2.45) is 0 Å². The van der Waals surface area contributed by atoms with E-state index in [1.165, 1.54) is 11.1 Å². The van der Waals surface area contributed by atoms with Crippen molar-refractivity contribution in [1.82, 2.24) is 20.5 Å². The molecule has 2 heterocycles. The number of likely N-dealkylation sites (tertiary alicyclic amines) is 1. The first-order chi connectivity index (χ1) is 18.7. The third kappa shape index (κ3) is 6.04. The number of aliphatic hydroxyl groups is 1. The highest BCUT2D eigenvalue weighted by atomic mass is 16.3. The van der Waals surface area contributed by atoms with Crippen molar-refractivity contribution in [2.45, 2.75) is 82.4 Å². The molecular weight excluding hydrogens is 488 g/mol. The number of nitrogens with one attached hydrogen (secondary N) is 3. The topological polar surface area (TPSA) is 97.5 Å². The Kier molecular flexibility index (Phi) is 7.83. The second-order valence-electron chi connectivity index (χ2n) is 12.2. The van der Waals surface area contributed by atoms with Crippen LogP contribution in [0.25, 0.3) is 10.9 Å². The van der Waals surface area contributed by atoms with E-state index >= 15 is 0 Å². The lowest BCUT2D eigenvalue weighted by atomic mass is 9.74. The van der Waals surface area contributed by atoms with Crippen LogP contribution in [0.4, 0.5) is 0 Å². The highest BCUT2D eigenvalue weighted by molar-refractivity contribution is 5.90. The van der Waals surface area contributed by atoms with Gasteiger partial charge < -0.3 is 25.6 Å². The van der Waals surface area contributed by atoms with Crippen molar-refractivity contribution in [3.8, 4) is 0 Å². The summed E-state index contributed by atoms with van der Waals surface area (Å²) in [6.07, 6.45) is 6.27. The number of carbonyl (C=O) groups is 2. The van der Waals surface area contributed by atoms with Crippen LogP contribution in [0, 0.1) is 0 Å². The summed E-state index contributed by atoms with van der Waals surface area (Å²) in [4.78, 5) is 32.5. The van der Waals surface area contributed by atoms with Gasteiger partial charge in [0.2, 0.25) is 11.8 Å². The van der Waals surface area contributed by atoms with Gasteiger partial charge in [0.1, 0.15) is 6.04 Å². The maximum atomic E-state index is 14.0. The maximum Gasteiger partial charge on any atom is 0.245 e. The number of amides is 2. The van der Waals surface area contributed by atoms with Crippen LogP contribution in [0.5, 0.6) is 0 Å². The fourth-order valence-electron chi connectivity index (χ4n) is 6.51. The van der Waals surface area contributed by atoms with Gasteiger partial charge in [-0.05, 0) is 74.6 Å². The molecule has 0 radical (unpaired) electrons. The summed E-state index contributed by atoms with van der Waals surface area (Å²) < 4.78 is 0. The number of β-amino-alcohol motifs (C(OH)–C–C–N with tert-alkyl or cyclic N) is 1. The number of hydrogen-bond donors (Lipinski definition) is 4. The van der Waals surface area contributed by atoms with Gasteiger partial charge in [-0.2, -0.15) is 0 Å². The van der Waals surface area contributed by atoms with Crippen molar-refractivity contribution >= 4 is 22.7 Å². The lowest BCUT2D eigenvalue weighted by Gasteiger charge is -2.41. The van der Waals surface area contributed by atoms with E-state index in [4.69, 9.17) is 0 Å². The highest BCUT2D eigenvalue weighted by Gasteiger charge is 2.42. The van der Waals surface area contributed by atoms with Gasteiger partial charge in [0.15, 0.2) is 0 Å². The number of aliphatic hydroxyl groups excluding tert-OH is 1. The fraction of sp³-hybridized carbons (Fsp3) is 0.500. The second kappa shape index (κ2) is 11.1. The number of H-pyrrole nitrogens is 1. The van der Waals surface area contributed by atoms with Crippen LogP contribution in [0.3, 0.4) is 0 Å². The number of piperidine rings is 1. The van der Waals surface area contributed by atoms with Gasteiger partial charge in [-0.25, -0.2) is 0 Å². The Morgan fingerprint density at radius 1 is 1.08 bits per heavy atom. The standard InChI is InChI=1S/C32H42N4O3/c1-22(37)20-34-31(2,3)19-29(38)35-28(18-24-21-33-27-11-7-5-9-25(24)27)30(39)36-16-14-32(15-17-36)13-12-23-8-4-6-10-26(23)32/h4-11,21-22,28,33-34,37H,12-20H2,1-3H3,(H,35,38)/t22-,28-/m1/s1. The molecule has 4 N–H and O–H groups in total. The van der Waals surface area contributed by atoms with Crippen LogP contribution < -0.4 is 10.6 Å². The third-order valence-electron chi connectivity index (χ3n) is 8.70. The third-order valence-corrected chi connectivity index (χ3v) is 8.70. The smallest absolute Gasteiger partial charge is 0.245 e. The monoisotopic (exact) mass is 530 g/mol. The molecule has 1 aromatic heterocycles. The molecule has 39 heavy (non-hydrogen) atoms. The molecule has 2 aliphatic rings. The number of rotatable bonds is 9. The summed E-state index contributed by atoms with van der Waals surface area (Å²) in [5.74, 6) is -0.181. The molecule has 1 saturated heterocycles. The van der Waals surface area contributed by atoms with Gasteiger partial charge >= 0.3 is 0 Å². The summed E-state index contributed by atoms with van der Waals surface area (Å²) in [6, 6.07) is 16.2. The zero-order valence-corrected chi connectivity index (χ0v) is 23.4. The Labute approximate surface area is 231 Å². The van der Waals surface area contributed by atoms with Crippen LogP contribution in [0.2, 0.25) is 0 Å². The van der Waals surface area contributed by atoms with Gasteiger partial charge in [0.05, 0.1) is 6.10 Å². The Bertz CT molecular complexity index is 1320. The number of aromatic nitrogens is 1. The van der Waals surface area contributed by atoms with Crippen molar-refractivity contribution in [3.05, 3.63) is 71.4 Å². The van der Waals surface area contributed by atoms with E-state index in [0.29, 0.717) is 26.1 Å². The molecule has 1 aliphatic carbocycles. The van der Waals surface area contributed by atoms with E-state index < -0.39 is 17.7 Å². The van der Waals surface area contributed by atoms with Crippen molar-refractivity contribution in [2.75, 3.05) is 19.6 Å². The molecule has 7 heteroatoms. The van der Waals surface area contributed by atoms with E-state index in [-0.39, 0.29) is 23.7 Å². The van der Waals surface area contributed by atoms with Crippen molar-refractivity contribution in [1.29, 1.82) is 0 Å². The van der Waals surface area contributed by atoms with Crippen LogP contribution in [0.15, 0.2) is 54.7 Å². The number of nitrogens with zero attached hydrogens (tertiary/aromatic N) is 1. The summed E-state index contributed by atoms with van der Waals surface area (Å²) in [7, 11) is 0. The van der Waals surface area contributed by atoms with Crippen molar-refractivity contribution < 1.29 is 14.7 Å². The largest absolute Gasteiger partial charge is 0.392 e. The molecule has 0 bridgehead atoms. The average molecular weight is 531 g/mol. The minimum Gasteiger partial charge on any atom is -0.392 e. The van der Waals surface area contributed by atoms with E-state index in [9.17, 15) is 14.7 Å².